The number of amides is 2. The van der Waals surface area contributed by atoms with Gasteiger partial charge in [0.25, 0.3) is 0 Å². The quantitative estimate of drug-likeness (QED) is 0.718. The number of ether oxygens (including phenoxy) is 2. The Balaban J connectivity index is 1.82. The Morgan fingerprint density at radius 3 is 2.23 bits per heavy atom. The number of carbonyl (C=O) groups is 2. The SMILES string of the molecule is COCC(=O)Nc1ccc(NC(=O)C2(c3cccc(C(F)(F)F)c3)CCOCC2)cc1. The molecule has 166 valence electrons. The van der Waals surface area contributed by atoms with Crippen molar-refractivity contribution in [2.24, 2.45) is 0 Å². The minimum Gasteiger partial charge on any atom is -0.381 e. The average Bonchev–Trinajstić information content (AvgIpc) is 2.75. The molecular formula is C22H23F3N2O4. The monoisotopic (exact) mass is 436 g/mol. The van der Waals surface area contributed by atoms with E-state index in [1.165, 1.54) is 13.2 Å². The third-order valence-corrected chi connectivity index (χ3v) is 5.23. The summed E-state index contributed by atoms with van der Waals surface area (Å²) in [6.45, 7) is 0.461. The Hall–Kier alpha value is -2.91. The molecule has 0 unspecified atom stereocenters. The zero-order valence-electron chi connectivity index (χ0n) is 16.9. The van der Waals surface area contributed by atoms with Gasteiger partial charge in [-0.25, -0.2) is 0 Å². The molecule has 0 saturated carbocycles. The van der Waals surface area contributed by atoms with Crippen LogP contribution in [0.4, 0.5) is 24.5 Å². The number of benzene rings is 2. The first-order valence-electron chi connectivity index (χ1n) is 9.70. The van der Waals surface area contributed by atoms with Gasteiger partial charge in [0, 0.05) is 31.7 Å². The fraction of sp³-hybridized carbons (Fsp3) is 0.364. The van der Waals surface area contributed by atoms with Crippen LogP contribution in [0.5, 0.6) is 0 Å². The molecule has 0 spiro atoms. The van der Waals surface area contributed by atoms with Crippen LogP contribution in [0.15, 0.2) is 48.5 Å². The lowest BCUT2D eigenvalue weighted by atomic mass is 9.73. The number of nitrogens with one attached hydrogen (secondary N) is 2. The second kappa shape index (κ2) is 9.49. The van der Waals surface area contributed by atoms with Gasteiger partial charge in [0.15, 0.2) is 0 Å². The van der Waals surface area contributed by atoms with Crippen LogP contribution in [0.1, 0.15) is 24.0 Å². The molecule has 31 heavy (non-hydrogen) atoms. The second-order valence-electron chi connectivity index (χ2n) is 7.29. The van der Waals surface area contributed by atoms with Gasteiger partial charge < -0.3 is 20.1 Å². The summed E-state index contributed by atoms with van der Waals surface area (Å²) in [6, 6.07) is 11.4. The Bertz CT molecular complexity index is 923. The summed E-state index contributed by atoms with van der Waals surface area (Å²) in [5.74, 6) is -0.712. The van der Waals surface area contributed by atoms with Crippen LogP contribution in [-0.2, 0) is 30.7 Å². The smallest absolute Gasteiger partial charge is 0.381 e. The fourth-order valence-electron chi connectivity index (χ4n) is 3.58. The highest BCUT2D eigenvalue weighted by molar-refractivity contribution is 5.99. The van der Waals surface area contributed by atoms with Crippen molar-refractivity contribution in [1.82, 2.24) is 0 Å². The molecule has 9 heteroatoms. The number of methoxy groups -OCH3 is 1. The van der Waals surface area contributed by atoms with Crippen LogP contribution in [0.3, 0.4) is 0 Å². The third-order valence-electron chi connectivity index (χ3n) is 5.23. The van der Waals surface area contributed by atoms with Crippen molar-refractivity contribution in [2.45, 2.75) is 24.4 Å². The van der Waals surface area contributed by atoms with Crippen LogP contribution in [0.2, 0.25) is 0 Å². The van der Waals surface area contributed by atoms with Gasteiger partial charge in [-0.1, -0.05) is 18.2 Å². The largest absolute Gasteiger partial charge is 0.416 e. The molecule has 0 aromatic heterocycles. The van der Waals surface area contributed by atoms with Crippen LogP contribution >= 0.6 is 0 Å². The number of alkyl halides is 3. The molecule has 2 aromatic carbocycles. The molecule has 1 aliphatic rings. The van der Waals surface area contributed by atoms with E-state index in [-0.39, 0.29) is 38.6 Å². The van der Waals surface area contributed by atoms with Crippen molar-refractivity contribution >= 4 is 23.2 Å². The zero-order valence-corrected chi connectivity index (χ0v) is 16.9. The minimum absolute atomic E-state index is 0.0833. The lowest BCUT2D eigenvalue weighted by Gasteiger charge is -2.36. The molecule has 0 radical (unpaired) electrons. The van der Waals surface area contributed by atoms with Crippen LogP contribution in [0, 0.1) is 0 Å². The highest BCUT2D eigenvalue weighted by Gasteiger charge is 2.43. The zero-order chi connectivity index (χ0) is 22.5. The van der Waals surface area contributed by atoms with Crippen molar-refractivity contribution < 1.29 is 32.2 Å². The van der Waals surface area contributed by atoms with E-state index in [2.05, 4.69) is 10.6 Å². The number of rotatable bonds is 6. The first kappa shape index (κ1) is 22.8. The van der Waals surface area contributed by atoms with Crippen molar-refractivity contribution in [1.29, 1.82) is 0 Å². The molecule has 1 heterocycles. The molecule has 0 bridgehead atoms. The summed E-state index contributed by atoms with van der Waals surface area (Å²) in [5, 5.41) is 5.44. The Morgan fingerprint density at radius 2 is 1.65 bits per heavy atom. The van der Waals surface area contributed by atoms with Crippen LogP contribution < -0.4 is 10.6 Å². The molecule has 1 fully saturated rings. The van der Waals surface area contributed by atoms with Gasteiger partial charge in [0.2, 0.25) is 11.8 Å². The average molecular weight is 436 g/mol. The van der Waals surface area contributed by atoms with Crippen LogP contribution in [0.25, 0.3) is 0 Å². The van der Waals surface area contributed by atoms with Crippen molar-refractivity contribution in [3.05, 3.63) is 59.7 Å². The van der Waals surface area contributed by atoms with Gasteiger partial charge in [-0.15, -0.1) is 0 Å². The molecule has 0 atom stereocenters. The molecular weight excluding hydrogens is 413 g/mol. The Morgan fingerprint density at radius 1 is 1.03 bits per heavy atom. The van der Waals surface area contributed by atoms with E-state index in [9.17, 15) is 22.8 Å². The molecule has 6 nitrogen and oxygen atoms in total. The maximum Gasteiger partial charge on any atom is 0.416 e. The van der Waals surface area contributed by atoms with Crippen LogP contribution in [-0.4, -0.2) is 38.7 Å². The molecule has 0 aliphatic carbocycles. The predicted molar refractivity (Wildman–Crippen MR) is 109 cm³/mol. The first-order chi connectivity index (χ1) is 14.7. The van der Waals surface area contributed by atoms with Gasteiger partial charge in [-0.05, 0) is 48.7 Å². The van der Waals surface area contributed by atoms with Crippen molar-refractivity contribution in [2.75, 3.05) is 37.6 Å². The number of hydrogen-bond donors (Lipinski definition) is 2. The Labute approximate surface area is 177 Å². The van der Waals surface area contributed by atoms with Gasteiger partial charge >= 0.3 is 6.18 Å². The lowest BCUT2D eigenvalue weighted by molar-refractivity contribution is -0.138. The topological polar surface area (TPSA) is 76.7 Å². The van der Waals surface area contributed by atoms with Gasteiger partial charge in [-0.3, -0.25) is 9.59 Å². The number of hydrogen-bond acceptors (Lipinski definition) is 4. The highest BCUT2D eigenvalue weighted by atomic mass is 19.4. The molecule has 2 aromatic rings. The van der Waals surface area contributed by atoms with Gasteiger partial charge in [0.1, 0.15) is 6.61 Å². The van der Waals surface area contributed by atoms with Gasteiger partial charge in [0.05, 0.1) is 11.0 Å². The second-order valence-corrected chi connectivity index (χ2v) is 7.29. The minimum atomic E-state index is -4.50. The maximum atomic E-state index is 13.3. The van der Waals surface area contributed by atoms with E-state index < -0.39 is 23.1 Å². The lowest BCUT2D eigenvalue weighted by Crippen LogP contribution is -2.45. The number of carbonyl (C=O) groups excluding carboxylic acids is 2. The van der Waals surface area contributed by atoms with Crippen molar-refractivity contribution in [3.63, 3.8) is 0 Å². The summed E-state index contributed by atoms with van der Waals surface area (Å²) in [5.41, 5.74) is -0.622. The summed E-state index contributed by atoms with van der Waals surface area (Å²) in [4.78, 5) is 24.8. The molecule has 3 rings (SSSR count). The summed E-state index contributed by atoms with van der Waals surface area (Å²) in [6.07, 6.45) is -3.96. The number of halogens is 3. The normalized spacial score (nSPS) is 15.9. The highest BCUT2D eigenvalue weighted by Crippen LogP contribution is 2.39. The molecule has 1 aliphatic heterocycles. The number of anilines is 2. The molecule has 2 N–H and O–H groups in total. The summed E-state index contributed by atoms with van der Waals surface area (Å²) < 4.78 is 49.8. The maximum absolute atomic E-state index is 13.3. The fourth-order valence-corrected chi connectivity index (χ4v) is 3.58. The summed E-state index contributed by atoms with van der Waals surface area (Å²) in [7, 11) is 1.41. The molecule has 1 saturated heterocycles. The van der Waals surface area contributed by atoms with Crippen molar-refractivity contribution in [3.8, 4) is 0 Å². The predicted octanol–water partition coefficient (Wildman–Crippen LogP) is 3.98. The van der Waals surface area contributed by atoms with E-state index in [1.807, 2.05) is 0 Å². The summed E-state index contributed by atoms with van der Waals surface area (Å²) >= 11 is 0. The van der Waals surface area contributed by atoms with E-state index in [4.69, 9.17) is 9.47 Å². The van der Waals surface area contributed by atoms with E-state index in [0.717, 1.165) is 12.1 Å². The Kier molecular flexibility index (Phi) is 6.97. The van der Waals surface area contributed by atoms with Gasteiger partial charge in [-0.2, -0.15) is 13.2 Å². The van der Waals surface area contributed by atoms with E-state index in [0.29, 0.717) is 16.9 Å². The van der Waals surface area contributed by atoms with E-state index in [1.54, 1.807) is 30.3 Å². The first-order valence-corrected chi connectivity index (χ1v) is 9.70. The standard InChI is InChI=1S/C22H23F3N2O4/c1-30-14-19(28)26-17-5-7-18(8-6-17)27-20(29)21(9-11-31-12-10-21)15-3-2-4-16(13-15)22(23,24)25/h2-8,13H,9-12,14H2,1H3,(H,26,28)(H,27,29). The van der Waals surface area contributed by atoms with E-state index >= 15 is 0 Å². The molecule has 2 amide bonds. The third kappa shape index (κ3) is 5.42.